The molecule has 6 nitrogen and oxygen atoms in total. The fourth-order valence-corrected chi connectivity index (χ4v) is 3.53. The monoisotopic (exact) mass is 422 g/mol. The number of amides is 2. The van der Waals surface area contributed by atoms with Crippen LogP contribution in [0.25, 0.3) is 0 Å². The number of benzene rings is 1. The number of hydrogen-bond acceptors (Lipinski definition) is 5. The van der Waals surface area contributed by atoms with Crippen LogP contribution in [0.5, 0.6) is 0 Å². The molecule has 0 spiro atoms. The number of ether oxygens (including phenoxy) is 1. The van der Waals surface area contributed by atoms with Crippen LogP contribution < -0.4 is 10.6 Å². The second-order valence-corrected chi connectivity index (χ2v) is 8.78. The van der Waals surface area contributed by atoms with E-state index in [9.17, 15) is 14.4 Å². The molecule has 0 aliphatic rings. The van der Waals surface area contributed by atoms with Crippen molar-refractivity contribution in [2.75, 3.05) is 6.61 Å². The standard InChI is InChI=1S/C22H34N2O4S/c1-6-28-21(26)19(13-16(4)5)23-20(25)18(12-15(2)3)24-22(27)29-14-17-10-8-7-9-11-17/h7-11,15-16,18-19H,6,12-14H2,1-5H3,(H,23,25)(H,24,27). The van der Waals surface area contributed by atoms with Gasteiger partial charge in [-0.2, -0.15) is 0 Å². The van der Waals surface area contributed by atoms with Gasteiger partial charge < -0.3 is 15.4 Å². The molecule has 0 aromatic heterocycles. The zero-order valence-corrected chi connectivity index (χ0v) is 18.9. The molecule has 0 heterocycles. The Morgan fingerprint density at radius 2 is 1.52 bits per heavy atom. The zero-order chi connectivity index (χ0) is 21.8. The predicted molar refractivity (Wildman–Crippen MR) is 118 cm³/mol. The summed E-state index contributed by atoms with van der Waals surface area (Å²) in [5.74, 6) is 0.149. The van der Waals surface area contributed by atoms with Crippen molar-refractivity contribution >= 4 is 28.9 Å². The number of thioether (sulfide) groups is 1. The molecule has 0 aliphatic heterocycles. The average Bonchev–Trinajstić information content (AvgIpc) is 2.65. The summed E-state index contributed by atoms with van der Waals surface area (Å²) in [5, 5.41) is 5.33. The first kappa shape index (κ1) is 25.0. The van der Waals surface area contributed by atoms with Crippen LogP contribution in [0.2, 0.25) is 0 Å². The van der Waals surface area contributed by atoms with Gasteiger partial charge in [0, 0.05) is 5.75 Å². The molecule has 7 heteroatoms. The smallest absolute Gasteiger partial charge is 0.328 e. The van der Waals surface area contributed by atoms with Crippen molar-refractivity contribution in [3.8, 4) is 0 Å². The van der Waals surface area contributed by atoms with Crippen molar-refractivity contribution in [3.63, 3.8) is 0 Å². The summed E-state index contributed by atoms with van der Waals surface area (Å²) >= 11 is 1.12. The molecule has 29 heavy (non-hydrogen) atoms. The van der Waals surface area contributed by atoms with E-state index < -0.39 is 18.1 Å². The Kier molecular flexibility index (Phi) is 11.4. The molecule has 1 rings (SSSR count). The fraction of sp³-hybridized carbons (Fsp3) is 0.591. The van der Waals surface area contributed by atoms with Gasteiger partial charge in [0.05, 0.1) is 6.61 Å². The molecule has 2 N–H and O–H groups in total. The minimum Gasteiger partial charge on any atom is -0.464 e. The molecule has 0 aliphatic carbocycles. The third kappa shape index (κ3) is 10.4. The maximum Gasteiger partial charge on any atom is 0.328 e. The number of carbonyl (C=O) groups is 3. The van der Waals surface area contributed by atoms with Crippen molar-refractivity contribution in [3.05, 3.63) is 35.9 Å². The van der Waals surface area contributed by atoms with Crippen molar-refractivity contribution in [1.82, 2.24) is 10.6 Å². The molecule has 0 fully saturated rings. The van der Waals surface area contributed by atoms with Gasteiger partial charge in [-0.25, -0.2) is 4.79 Å². The van der Waals surface area contributed by atoms with Gasteiger partial charge in [0.1, 0.15) is 12.1 Å². The highest BCUT2D eigenvalue weighted by molar-refractivity contribution is 8.12. The molecule has 162 valence electrons. The van der Waals surface area contributed by atoms with E-state index in [2.05, 4.69) is 10.6 Å². The maximum absolute atomic E-state index is 12.8. The molecule has 1 aromatic rings. The lowest BCUT2D eigenvalue weighted by atomic mass is 10.0. The predicted octanol–water partition coefficient (Wildman–Crippen LogP) is 4.14. The lowest BCUT2D eigenvalue weighted by molar-refractivity contribution is -0.148. The second kappa shape index (κ2) is 13.2. The van der Waals surface area contributed by atoms with Crippen LogP contribution in [0.1, 0.15) is 53.0 Å². The van der Waals surface area contributed by atoms with Crippen LogP contribution in [0, 0.1) is 11.8 Å². The molecule has 1 aromatic carbocycles. The normalized spacial score (nSPS) is 13.1. The molecule has 0 bridgehead atoms. The topological polar surface area (TPSA) is 84.5 Å². The van der Waals surface area contributed by atoms with E-state index in [4.69, 9.17) is 4.74 Å². The van der Waals surface area contributed by atoms with Gasteiger partial charge in [-0.1, -0.05) is 69.8 Å². The summed E-state index contributed by atoms with van der Waals surface area (Å²) in [6.45, 7) is 9.92. The number of hydrogen-bond donors (Lipinski definition) is 2. The number of rotatable bonds is 11. The van der Waals surface area contributed by atoms with Gasteiger partial charge in [-0.05, 0) is 37.2 Å². The lowest BCUT2D eigenvalue weighted by Gasteiger charge is -2.24. The summed E-state index contributed by atoms with van der Waals surface area (Å²) in [5.41, 5.74) is 1.04. The third-order valence-electron chi connectivity index (χ3n) is 4.12. The van der Waals surface area contributed by atoms with Crippen LogP contribution in [-0.4, -0.2) is 35.8 Å². The molecule has 0 saturated heterocycles. The van der Waals surface area contributed by atoms with Crippen molar-refractivity contribution in [2.24, 2.45) is 11.8 Å². The van der Waals surface area contributed by atoms with Gasteiger partial charge in [-0.3, -0.25) is 9.59 Å². The van der Waals surface area contributed by atoms with Crippen LogP contribution in [0.15, 0.2) is 30.3 Å². The average molecular weight is 423 g/mol. The lowest BCUT2D eigenvalue weighted by Crippen LogP contribution is -2.52. The van der Waals surface area contributed by atoms with Gasteiger partial charge >= 0.3 is 5.97 Å². The van der Waals surface area contributed by atoms with Crippen molar-refractivity contribution in [1.29, 1.82) is 0 Å². The second-order valence-electron chi connectivity index (χ2n) is 7.83. The molecule has 0 saturated carbocycles. The van der Waals surface area contributed by atoms with Gasteiger partial charge in [0.15, 0.2) is 0 Å². The Morgan fingerprint density at radius 1 is 0.931 bits per heavy atom. The quantitative estimate of drug-likeness (QED) is 0.524. The van der Waals surface area contributed by atoms with E-state index in [1.807, 2.05) is 58.0 Å². The Labute approximate surface area is 178 Å². The molecular weight excluding hydrogens is 388 g/mol. The van der Waals surface area contributed by atoms with E-state index in [0.29, 0.717) is 18.6 Å². The zero-order valence-electron chi connectivity index (χ0n) is 18.1. The molecule has 2 amide bonds. The van der Waals surface area contributed by atoms with Gasteiger partial charge in [0.25, 0.3) is 5.24 Å². The van der Waals surface area contributed by atoms with E-state index in [1.165, 1.54) is 0 Å². The molecule has 0 radical (unpaired) electrons. The third-order valence-corrected chi connectivity index (χ3v) is 4.98. The van der Waals surface area contributed by atoms with Crippen LogP contribution >= 0.6 is 11.8 Å². The first-order valence-corrected chi connectivity index (χ1v) is 11.2. The minimum atomic E-state index is -0.717. The van der Waals surface area contributed by atoms with Crippen LogP contribution in [0.3, 0.4) is 0 Å². The van der Waals surface area contributed by atoms with E-state index >= 15 is 0 Å². The van der Waals surface area contributed by atoms with Crippen LogP contribution in [0.4, 0.5) is 4.79 Å². The van der Waals surface area contributed by atoms with E-state index in [0.717, 1.165) is 17.3 Å². The Balaban J connectivity index is 2.74. The number of esters is 1. The summed E-state index contributed by atoms with van der Waals surface area (Å²) in [6.07, 6.45) is 0.969. The summed E-state index contributed by atoms with van der Waals surface area (Å²) in [6, 6.07) is 8.26. The SMILES string of the molecule is CCOC(=O)C(CC(C)C)NC(=O)C(CC(C)C)NC(=O)SCc1ccccc1. The largest absolute Gasteiger partial charge is 0.464 e. The van der Waals surface area contributed by atoms with Crippen molar-refractivity contribution in [2.45, 2.75) is 65.3 Å². The minimum absolute atomic E-state index is 0.205. The number of nitrogens with one attached hydrogen (secondary N) is 2. The van der Waals surface area contributed by atoms with Crippen molar-refractivity contribution < 1.29 is 19.1 Å². The van der Waals surface area contributed by atoms with Gasteiger partial charge in [-0.15, -0.1) is 0 Å². The summed E-state index contributed by atoms with van der Waals surface area (Å²) in [7, 11) is 0. The summed E-state index contributed by atoms with van der Waals surface area (Å²) in [4.78, 5) is 37.5. The Hall–Kier alpha value is -2.02. The van der Waals surface area contributed by atoms with Crippen LogP contribution in [-0.2, 0) is 20.1 Å². The molecule has 2 atom stereocenters. The Morgan fingerprint density at radius 3 is 2.07 bits per heavy atom. The number of carbonyl (C=O) groups excluding carboxylic acids is 3. The molecular formula is C22H34N2O4S. The highest BCUT2D eigenvalue weighted by Gasteiger charge is 2.28. The maximum atomic E-state index is 12.8. The highest BCUT2D eigenvalue weighted by Crippen LogP contribution is 2.15. The van der Waals surface area contributed by atoms with E-state index in [1.54, 1.807) is 6.92 Å². The van der Waals surface area contributed by atoms with E-state index in [-0.39, 0.29) is 29.6 Å². The van der Waals surface area contributed by atoms with Gasteiger partial charge in [0.2, 0.25) is 5.91 Å². The highest BCUT2D eigenvalue weighted by atomic mass is 32.2. The summed E-state index contributed by atoms with van der Waals surface area (Å²) < 4.78 is 5.09. The first-order valence-electron chi connectivity index (χ1n) is 10.2. The fourth-order valence-electron chi connectivity index (χ4n) is 2.81. The Bertz CT molecular complexity index is 649. The molecule has 2 unspecified atom stereocenters. The first-order chi connectivity index (χ1) is 13.7.